The van der Waals surface area contributed by atoms with Crippen molar-refractivity contribution in [3.05, 3.63) is 24.0 Å². The van der Waals surface area contributed by atoms with Crippen molar-refractivity contribution < 1.29 is 9.53 Å². The molecule has 1 rings (SSSR count). The number of pyridine rings is 1. The normalized spacial score (nSPS) is 14.0. The number of nitrogens with one attached hydrogen (secondary N) is 1. The van der Waals surface area contributed by atoms with Gasteiger partial charge in [-0.25, -0.2) is 0 Å². The smallest absolute Gasteiger partial charge is 0.260 e. The SMILES string of the molecule is CC(N)Cc1ccc(OC(C)C(=O)NC(C)C)cn1. The van der Waals surface area contributed by atoms with Crippen molar-refractivity contribution in [1.82, 2.24) is 10.3 Å². The highest BCUT2D eigenvalue weighted by molar-refractivity contribution is 5.80. The zero-order chi connectivity index (χ0) is 14.4. The van der Waals surface area contributed by atoms with Crippen LogP contribution in [0.25, 0.3) is 0 Å². The second-order valence-electron chi connectivity index (χ2n) is 5.09. The minimum atomic E-state index is -0.538. The van der Waals surface area contributed by atoms with Crippen molar-refractivity contribution in [1.29, 1.82) is 0 Å². The standard InChI is InChI=1S/C14H23N3O2/c1-9(2)17-14(18)11(4)19-13-6-5-12(16-8-13)7-10(3)15/h5-6,8-11H,7,15H2,1-4H3,(H,17,18). The van der Waals surface area contributed by atoms with Crippen molar-refractivity contribution in [2.45, 2.75) is 52.3 Å². The Morgan fingerprint density at radius 2 is 2.05 bits per heavy atom. The highest BCUT2D eigenvalue weighted by atomic mass is 16.5. The number of carbonyl (C=O) groups is 1. The maximum atomic E-state index is 11.7. The summed E-state index contributed by atoms with van der Waals surface area (Å²) in [7, 11) is 0. The van der Waals surface area contributed by atoms with Gasteiger partial charge in [0.15, 0.2) is 6.10 Å². The Morgan fingerprint density at radius 3 is 2.53 bits per heavy atom. The van der Waals surface area contributed by atoms with Crippen LogP contribution in [0.4, 0.5) is 0 Å². The molecule has 19 heavy (non-hydrogen) atoms. The second-order valence-corrected chi connectivity index (χ2v) is 5.09. The Morgan fingerprint density at radius 1 is 1.37 bits per heavy atom. The van der Waals surface area contributed by atoms with Crippen LogP contribution in [0, 0.1) is 0 Å². The summed E-state index contributed by atoms with van der Waals surface area (Å²) in [6.07, 6.45) is 1.81. The molecule has 0 aliphatic heterocycles. The van der Waals surface area contributed by atoms with Crippen LogP contribution in [0.15, 0.2) is 18.3 Å². The molecule has 0 saturated carbocycles. The van der Waals surface area contributed by atoms with Gasteiger partial charge in [0, 0.05) is 24.2 Å². The minimum absolute atomic E-state index is 0.0787. The highest BCUT2D eigenvalue weighted by Crippen LogP contribution is 2.12. The van der Waals surface area contributed by atoms with E-state index < -0.39 is 6.10 Å². The highest BCUT2D eigenvalue weighted by Gasteiger charge is 2.15. The number of ether oxygens (including phenoxy) is 1. The summed E-state index contributed by atoms with van der Waals surface area (Å²) in [6, 6.07) is 3.86. The van der Waals surface area contributed by atoms with E-state index in [9.17, 15) is 4.79 Å². The van der Waals surface area contributed by atoms with Crippen LogP contribution < -0.4 is 15.8 Å². The molecule has 1 aromatic rings. The number of nitrogens with two attached hydrogens (primary N) is 1. The molecule has 5 heteroatoms. The first-order valence-corrected chi connectivity index (χ1v) is 6.56. The second kappa shape index (κ2) is 7.09. The quantitative estimate of drug-likeness (QED) is 0.812. The molecule has 0 spiro atoms. The number of hydrogen-bond donors (Lipinski definition) is 2. The Hall–Kier alpha value is -1.62. The fourth-order valence-electron chi connectivity index (χ4n) is 1.59. The van der Waals surface area contributed by atoms with Crippen molar-refractivity contribution in [3.63, 3.8) is 0 Å². The summed E-state index contributed by atoms with van der Waals surface area (Å²) < 4.78 is 5.53. The number of rotatable bonds is 6. The first-order chi connectivity index (χ1) is 8.88. The number of hydrogen-bond acceptors (Lipinski definition) is 4. The summed E-state index contributed by atoms with van der Waals surface area (Å²) in [5.41, 5.74) is 6.62. The van der Waals surface area contributed by atoms with Gasteiger partial charge in [-0.2, -0.15) is 0 Å². The zero-order valence-electron chi connectivity index (χ0n) is 12.0. The Balaban J connectivity index is 2.55. The number of nitrogens with zero attached hydrogens (tertiary/aromatic N) is 1. The molecule has 0 aromatic carbocycles. The molecule has 1 heterocycles. The lowest BCUT2D eigenvalue weighted by atomic mass is 10.2. The third-order valence-corrected chi connectivity index (χ3v) is 2.44. The summed E-state index contributed by atoms with van der Waals surface area (Å²) in [5, 5.41) is 2.80. The molecule has 3 N–H and O–H groups in total. The molecule has 5 nitrogen and oxygen atoms in total. The predicted molar refractivity (Wildman–Crippen MR) is 75.0 cm³/mol. The molecule has 2 atom stereocenters. The van der Waals surface area contributed by atoms with Crippen LogP contribution in [0.3, 0.4) is 0 Å². The summed E-state index contributed by atoms with van der Waals surface area (Å²) in [5.74, 6) is 0.453. The van der Waals surface area contributed by atoms with E-state index in [0.29, 0.717) is 5.75 Å². The monoisotopic (exact) mass is 265 g/mol. The number of carbonyl (C=O) groups excluding carboxylic acids is 1. The van der Waals surface area contributed by atoms with Crippen molar-refractivity contribution in [2.75, 3.05) is 0 Å². The largest absolute Gasteiger partial charge is 0.479 e. The van der Waals surface area contributed by atoms with E-state index in [1.54, 1.807) is 13.1 Å². The van der Waals surface area contributed by atoms with Gasteiger partial charge in [-0.05, 0) is 39.8 Å². The van der Waals surface area contributed by atoms with Gasteiger partial charge in [0.2, 0.25) is 0 Å². The summed E-state index contributed by atoms with van der Waals surface area (Å²) >= 11 is 0. The number of aromatic nitrogens is 1. The molecule has 1 aromatic heterocycles. The molecule has 106 valence electrons. The molecular formula is C14H23N3O2. The van der Waals surface area contributed by atoms with E-state index in [1.165, 1.54) is 0 Å². The molecular weight excluding hydrogens is 242 g/mol. The van der Waals surface area contributed by atoms with E-state index in [-0.39, 0.29) is 18.0 Å². The topological polar surface area (TPSA) is 77.2 Å². The Labute approximate surface area is 114 Å². The van der Waals surface area contributed by atoms with Crippen LogP contribution in [-0.4, -0.2) is 29.1 Å². The van der Waals surface area contributed by atoms with E-state index >= 15 is 0 Å². The lowest BCUT2D eigenvalue weighted by molar-refractivity contribution is -0.127. The van der Waals surface area contributed by atoms with Crippen LogP contribution in [0.2, 0.25) is 0 Å². The third-order valence-electron chi connectivity index (χ3n) is 2.44. The van der Waals surface area contributed by atoms with Crippen molar-refractivity contribution >= 4 is 5.91 Å². The van der Waals surface area contributed by atoms with Gasteiger partial charge in [-0.1, -0.05) is 0 Å². The molecule has 0 aliphatic carbocycles. The van der Waals surface area contributed by atoms with E-state index in [0.717, 1.165) is 12.1 Å². The summed E-state index contributed by atoms with van der Waals surface area (Å²) in [6.45, 7) is 7.47. The van der Waals surface area contributed by atoms with Crippen LogP contribution in [-0.2, 0) is 11.2 Å². The van der Waals surface area contributed by atoms with Gasteiger partial charge in [0.1, 0.15) is 5.75 Å². The van der Waals surface area contributed by atoms with E-state index in [1.807, 2.05) is 32.9 Å². The fourth-order valence-corrected chi connectivity index (χ4v) is 1.59. The first-order valence-electron chi connectivity index (χ1n) is 6.56. The van der Waals surface area contributed by atoms with Crippen LogP contribution >= 0.6 is 0 Å². The molecule has 0 aliphatic rings. The van der Waals surface area contributed by atoms with Crippen LogP contribution in [0.1, 0.15) is 33.4 Å². The molecule has 2 unspecified atom stereocenters. The minimum Gasteiger partial charge on any atom is -0.479 e. The van der Waals surface area contributed by atoms with E-state index in [4.69, 9.17) is 10.5 Å². The molecule has 1 amide bonds. The average molecular weight is 265 g/mol. The van der Waals surface area contributed by atoms with Gasteiger partial charge < -0.3 is 15.8 Å². The Kier molecular flexibility index (Phi) is 5.76. The molecule has 0 saturated heterocycles. The van der Waals surface area contributed by atoms with Crippen molar-refractivity contribution in [3.8, 4) is 5.75 Å². The van der Waals surface area contributed by atoms with Gasteiger partial charge in [0.05, 0.1) is 6.20 Å². The van der Waals surface area contributed by atoms with Gasteiger partial charge >= 0.3 is 0 Å². The third kappa shape index (κ3) is 5.70. The first kappa shape index (κ1) is 15.4. The van der Waals surface area contributed by atoms with Gasteiger partial charge in [-0.3, -0.25) is 9.78 Å². The average Bonchev–Trinajstić information content (AvgIpc) is 2.30. The lowest BCUT2D eigenvalue weighted by Gasteiger charge is -2.16. The zero-order valence-corrected chi connectivity index (χ0v) is 12.0. The fraction of sp³-hybridized carbons (Fsp3) is 0.571. The van der Waals surface area contributed by atoms with Gasteiger partial charge in [-0.15, -0.1) is 0 Å². The predicted octanol–water partition coefficient (Wildman–Crippen LogP) is 1.26. The van der Waals surface area contributed by atoms with Crippen LogP contribution in [0.5, 0.6) is 5.75 Å². The lowest BCUT2D eigenvalue weighted by Crippen LogP contribution is -2.40. The van der Waals surface area contributed by atoms with E-state index in [2.05, 4.69) is 10.3 Å². The maximum absolute atomic E-state index is 11.7. The summed E-state index contributed by atoms with van der Waals surface area (Å²) in [4.78, 5) is 16.0. The Bertz CT molecular complexity index is 402. The van der Waals surface area contributed by atoms with Crippen molar-refractivity contribution in [2.24, 2.45) is 5.73 Å². The molecule has 0 radical (unpaired) electrons. The maximum Gasteiger partial charge on any atom is 0.260 e. The van der Waals surface area contributed by atoms with Gasteiger partial charge in [0.25, 0.3) is 5.91 Å². The number of amides is 1. The molecule has 0 fully saturated rings. The molecule has 0 bridgehead atoms.